The molecule has 0 bridgehead atoms. The molecule has 0 spiro atoms. The van der Waals surface area contributed by atoms with Crippen molar-refractivity contribution in [2.24, 2.45) is 10.9 Å². The summed E-state index contributed by atoms with van der Waals surface area (Å²) in [6, 6.07) is 28.7. The fraction of sp³-hybridized carbons (Fsp3) is 0.194. The summed E-state index contributed by atoms with van der Waals surface area (Å²) in [5.74, 6) is -3.20. The molecule has 1 unspecified atom stereocenters. The molecule has 0 aliphatic carbocycles. The Balaban J connectivity index is 1.31. The molecule has 1 fully saturated rings. The van der Waals surface area contributed by atoms with Gasteiger partial charge in [-0.05, 0) is 16.7 Å². The molecule has 1 aromatic heterocycles. The Kier molecular flexibility index (Phi) is 11.0. The molecule has 2 aliphatic rings. The number of aromatic nitrogens is 1. The highest BCUT2D eigenvalue weighted by Crippen LogP contribution is 2.42. The molecular weight excluding hydrogens is 725 g/mol. The fourth-order valence-corrected chi connectivity index (χ4v) is 8.07. The van der Waals surface area contributed by atoms with Crippen LogP contribution in [0.5, 0.6) is 0 Å². The average Bonchev–Trinajstić information content (AvgIpc) is 3.61. The number of hydrogen-bond donors (Lipinski definition) is 4. The van der Waals surface area contributed by atoms with Gasteiger partial charge in [-0.15, -0.1) is 23.1 Å². The number of nitrogens with zero attached hydrogens (tertiary/aromatic N) is 3. The summed E-state index contributed by atoms with van der Waals surface area (Å²) in [5.41, 5.74) is 7.43. The summed E-state index contributed by atoms with van der Waals surface area (Å²) in [5, 5.41) is 21.6. The molecule has 3 aromatic carbocycles. The Morgan fingerprint density at radius 3 is 2.12 bits per heavy atom. The van der Waals surface area contributed by atoms with Crippen molar-refractivity contribution < 1.29 is 33.9 Å². The number of nitrogens with one attached hydrogen (secondary N) is 2. The number of thiocarbonyl (C=S) groups is 1. The number of nitrogens with two attached hydrogens (primary N) is 1. The minimum Gasteiger partial charge on any atom is -0.477 e. The van der Waals surface area contributed by atoms with Crippen molar-refractivity contribution in [2.45, 2.75) is 23.9 Å². The Hall–Kier alpha value is -5.58. The number of benzene rings is 3. The van der Waals surface area contributed by atoms with E-state index in [0.29, 0.717) is 5.13 Å². The number of β-lactam (4-membered cyclic amide) rings is 1. The summed E-state index contributed by atoms with van der Waals surface area (Å²) in [6.45, 7) is 0.680. The van der Waals surface area contributed by atoms with Crippen molar-refractivity contribution in [3.05, 3.63) is 130 Å². The van der Waals surface area contributed by atoms with Crippen molar-refractivity contribution in [3.63, 3.8) is 0 Å². The van der Waals surface area contributed by atoms with Crippen LogP contribution in [0.3, 0.4) is 0 Å². The number of esters is 1. The average molecular weight is 757 g/mol. The van der Waals surface area contributed by atoms with E-state index in [1.165, 1.54) is 30.0 Å². The molecule has 5 N–H and O–H groups in total. The minimum absolute atomic E-state index is 0.00321. The van der Waals surface area contributed by atoms with Gasteiger partial charge in [0.2, 0.25) is 0 Å². The van der Waals surface area contributed by atoms with Gasteiger partial charge in [0.05, 0.1) is 0 Å². The molecule has 2 aliphatic heterocycles. The van der Waals surface area contributed by atoms with Crippen molar-refractivity contribution in [1.29, 1.82) is 0 Å². The predicted octanol–water partition coefficient (Wildman–Crippen LogP) is 3.86. The highest BCUT2D eigenvalue weighted by molar-refractivity contribution is 8.00. The Morgan fingerprint density at radius 1 is 1.02 bits per heavy atom. The second kappa shape index (κ2) is 15.8. The Bertz CT molecular complexity index is 1960. The zero-order valence-corrected chi connectivity index (χ0v) is 30.0. The molecule has 1 saturated heterocycles. The lowest BCUT2D eigenvalue weighted by atomic mass is 9.77. The molecule has 52 heavy (non-hydrogen) atoms. The highest BCUT2D eigenvalue weighted by atomic mass is 32.2. The van der Waals surface area contributed by atoms with Crippen LogP contribution in [0.2, 0.25) is 0 Å². The van der Waals surface area contributed by atoms with E-state index in [-0.39, 0.29) is 46.6 Å². The van der Waals surface area contributed by atoms with E-state index >= 15 is 0 Å². The lowest BCUT2D eigenvalue weighted by molar-refractivity contribution is -0.150. The number of anilines is 1. The zero-order chi connectivity index (χ0) is 36.8. The van der Waals surface area contributed by atoms with Crippen LogP contribution in [0.1, 0.15) is 29.3 Å². The molecule has 13 nitrogen and oxygen atoms in total. The van der Waals surface area contributed by atoms with Crippen LogP contribution in [0.15, 0.2) is 113 Å². The summed E-state index contributed by atoms with van der Waals surface area (Å²) in [6.07, 6.45) is 0. The van der Waals surface area contributed by atoms with E-state index in [0.717, 1.165) is 21.6 Å². The van der Waals surface area contributed by atoms with Crippen molar-refractivity contribution in [1.82, 2.24) is 15.2 Å². The third kappa shape index (κ3) is 7.39. The minimum atomic E-state index is -1.35. The summed E-state index contributed by atoms with van der Waals surface area (Å²) in [4.78, 5) is 61.8. The van der Waals surface area contributed by atoms with Gasteiger partial charge in [0.1, 0.15) is 39.9 Å². The zero-order valence-electron chi connectivity index (χ0n) is 27.6. The summed E-state index contributed by atoms with van der Waals surface area (Å²) < 4.78 is 5.00. The third-order valence-electron chi connectivity index (χ3n) is 8.23. The van der Waals surface area contributed by atoms with E-state index in [1.807, 2.05) is 91.0 Å². The third-order valence-corrected chi connectivity index (χ3v) is 10.4. The van der Waals surface area contributed by atoms with Crippen LogP contribution < -0.4 is 16.4 Å². The molecular formula is C36H32N6O7S3. The molecule has 2 amide bonds. The number of amides is 2. The van der Waals surface area contributed by atoms with Crippen molar-refractivity contribution in [2.75, 3.05) is 24.3 Å². The molecule has 16 heteroatoms. The number of carboxylic acid groups (broad SMARTS) is 1. The van der Waals surface area contributed by atoms with Crippen LogP contribution in [0, 0.1) is 0 Å². The predicted molar refractivity (Wildman–Crippen MR) is 201 cm³/mol. The number of rotatable bonds is 14. The number of fused-ring (bicyclic) bond motifs is 1. The lowest BCUT2D eigenvalue weighted by Gasteiger charge is -2.49. The van der Waals surface area contributed by atoms with Gasteiger partial charge < -0.3 is 31.0 Å². The first-order valence-electron chi connectivity index (χ1n) is 15.8. The molecule has 4 aromatic rings. The van der Waals surface area contributed by atoms with Gasteiger partial charge in [-0.25, -0.2) is 9.78 Å². The number of thiazole rings is 1. The van der Waals surface area contributed by atoms with Crippen LogP contribution >= 0.6 is 35.3 Å². The van der Waals surface area contributed by atoms with Gasteiger partial charge in [-0.2, -0.15) is 0 Å². The number of ether oxygens (including phenoxy) is 1. The van der Waals surface area contributed by atoms with Crippen LogP contribution in [0.4, 0.5) is 5.13 Å². The number of thioether (sulfide) groups is 1. The van der Waals surface area contributed by atoms with Gasteiger partial charge in [0.15, 0.2) is 17.5 Å². The monoisotopic (exact) mass is 756 g/mol. The van der Waals surface area contributed by atoms with E-state index in [4.69, 9.17) is 32.5 Å². The highest BCUT2D eigenvalue weighted by Gasteiger charge is 2.54. The molecule has 2 atom stereocenters. The summed E-state index contributed by atoms with van der Waals surface area (Å²) in [7, 11) is 0. The first-order chi connectivity index (χ1) is 25.1. The standard InChI is InChI=1S/C36H32N6O7S3/c1-21(43)48-17-22-19-51-33-29(32(45)42(33)30(22)34(46)47)39-31(44)28(41-49-18-27(37)50)26-20-52-35(38-26)40-36(23-11-5-2-6-12-23,24-13-7-3-8-14-24)25-15-9-4-10-16-25/h2-16,20,29,33H,17-19H2,1H3,(H2,37,50)(H,38,40)(H,39,44)(H,46,47)/t29?,33-/m1/s1. The molecule has 6 rings (SSSR count). The van der Waals surface area contributed by atoms with Gasteiger partial charge in [0.25, 0.3) is 11.8 Å². The lowest BCUT2D eigenvalue weighted by Crippen LogP contribution is -2.71. The van der Waals surface area contributed by atoms with Crippen molar-refractivity contribution >= 4 is 74.9 Å². The fourth-order valence-electron chi connectivity index (χ4n) is 5.94. The molecule has 0 radical (unpaired) electrons. The summed E-state index contributed by atoms with van der Waals surface area (Å²) >= 11 is 7.38. The van der Waals surface area contributed by atoms with E-state index in [1.54, 1.807) is 5.38 Å². The first kappa shape index (κ1) is 36.2. The molecule has 0 saturated carbocycles. The van der Waals surface area contributed by atoms with E-state index in [9.17, 15) is 24.3 Å². The van der Waals surface area contributed by atoms with E-state index in [2.05, 4.69) is 15.8 Å². The van der Waals surface area contributed by atoms with Gasteiger partial charge in [0, 0.05) is 23.6 Å². The molecule has 3 heterocycles. The number of oxime groups is 1. The van der Waals surface area contributed by atoms with Gasteiger partial charge in [-0.1, -0.05) is 108 Å². The first-order valence-corrected chi connectivity index (χ1v) is 18.2. The van der Waals surface area contributed by atoms with Gasteiger partial charge in [-0.3, -0.25) is 19.3 Å². The number of carbonyl (C=O) groups is 4. The SMILES string of the molecule is CC(=O)OCC1=C(C(=O)O)N2C(=O)C(NC(=O)C(=NOCC(N)=S)c3csc(NC(c4ccccc4)(c4ccccc4)c4ccccc4)n3)[C@H]2SC1. The topological polar surface area (TPSA) is 186 Å². The number of carboxylic acids is 1. The normalized spacial score (nSPS) is 17.1. The maximum atomic E-state index is 13.9. The van der Waals surface area contributed by atoms with Crippen LogP contribution in [0.25, 0.3) is 0 Å². The van der Waals surface area contributed by atoms with E-state index < -0.39 is 40.7 Å². The Labute approximate surface area is 311 Å². The maximum absolute atomic E-state index is 13.9. The maximum Gasteiger partial charge on any atom is 0.352 e. The van der Waals surface area contributed by atoms with Crippen molar-refractivity contribution in [3.8, 4) is 0 Å². The smallest absolute Gasteiger partial charge is 0.352 e. The quantitative estimate of drug-likeness (QED) is 0.0365. The molecule has 266 valence electrons. The van der Waals surface area contributed by atoms with Crippen LogP contribution in [-0.4, -0.2) is 79.8 Å². The van der Waals surface area contributed by atoms with Crippen LogP contribution in [-0.2, 0) is 34.3 Å². The van der Waals surface area contributed by atoms with Gasteiger partial charge >= 0.3 is 11.9 Å². The number of hydrogen-bond acceptors (Lipinski definition) is 12. The number of carbonyl (C=O) groups excluding carboxylic acids is 3. The Morgan fingerprint density at radius 2 is 1.60 bits per heavy atom. The second-order valence-corrected chi connectivity index (χ2v) is 14.1. The largest absolute Gasteiger partial charge is 0.477 e. The number of aliphatic carboxylic acids is 1. The second-order valence-electron chi connectivity index (χ2n) is 11.6.